The maximum absolute atomic E-state index is 11.5. The molecule has 1 aromatic rings. The summed E-state index contributed by atoms with van der Waals surface area (Å²) in [6.45, 7) is 1.05. The number of nitrogen functional groups attached to an aromatic ring is 1. The highest BCUT2D eigenvalue weighted by Gasteiger charge is 2.11. The van der Waals surface area contributed by atoms with Crippen molar-refractivity contribution >= 4 is 17.3 Å². The quantitative estimate of drug-likeness (QED) is 0.446. The minimum absolute atomic E-state index is 0.226. The van der Waals surface area contributed by atoms with Crippen molar-refractivity contribution in [1.82, 2.24) is 0 Å². The fourth-order valence-corrected chi connectivity index (χ4v) is 1.88. The van der Waals surface area contributed by atoms with E-state index in [9.17, 15) is 4.79 Å². The fourth-order valence-electron chi connectivity index (χ4n) is 1.88. The van der Waals surface area contributed by atoms with Gasteiger partial charge in [0.2, 0.25) is 0 Å². The highest BCUT2D eigenvalue weighted by molar-refractivity contribution is 5.92. The van der Waals surface area contributed by atoms with Crippen LogP contribution < -0.4 is 10.6 Å². The summed E-state index contributed by atoms with van der Waals surface area (Å²) in [6.07, 6.45) is 2.75. The molecule has 5 heteroatoms. The Morgan fingerprint density at radius 2 is 2.11 bits per heavy atom. The maximum atomic E-state index is 11.5. The lowest BCUT2D eigenvalue weighted by molar-refractivity contribution is 0.0601. The van der Waals surface area contributed by atoms with Gasteiger partial charge in [-0.3, -0.25) is 0 Å². The van der Waals surface area contributed by atoms with Gasteiger partial charge in [-0.2, -0.15) is 0 Å². The summed E-state index contributed by atoms with van der Waals surface area (Å²) in [4.78, 5) is 13.5. The van der Waals surface area contributed by atoms with Crippen LogP contribution in [0.15, 0.2) is 18.2 Å². The molecule has 1 rings (SSSR count). The number of anilines is 2. The van der Waals surface area contributed by atoms with E-state index in [-0.39, 0.29) is 12.6 Å². The summed E-state index contributed by atoms with van der Waals surface area (Å²) in [6, 6.07) is 5.11. The zero-order valence-electron chi connectivity index (χ0n) is 11.6. The Hall–Kier alpha value is -1.75. The van der Waals surface area contributed by atoms with Crippen molar-refractivity contribution in [2.24, 2.45) is 0 Å². The zero-order chi connectivity index (χ0) is 14.3. The Bertz CT molecular complexity index is 421. The second kappa shape index (κ2) is 7.63. The van der Waals surface area contributed by atoms with Crippen LogP contribution in [-0.2, 0) is 4.74 Å². The SMILES string of the molecule is COC(=O)c1ccc(N)c(N(C)CCCCCO)c1. The molecule has 5 nitrogen and oxygen atoms in total. The molecular weight excluding hydrogens is 244 g/mol. The van der Waals surface area contributed by atoms with Gasteiger partial charge in [0.1, 0.15) is 0 Å². The number of hydrogen-bond acceptors (Lipinski definition) is 5. The van der Waals surface area contributed by atoms with Crippen LogP contribution >= 0.6 is 0 Å². The van der Waals surface area contributed by atoms with Crippen molar-refractivity contribution in [2.75, 3.05) is 37.9 Å². The number of esters is 1. The maximum Gasteiger partial charge on any atom is 0.337 e. The molecule has 0 amide bonds. The van der Waals surface area contributed by atoms with E-state index in [4.69, 9.17) is 15.6 Å². The van der Waals surface area contributed by atoms with Crippen LogP contribution in [0.2, 0.25) is 0 Å². The lowest BCUT2D eigenvalue weighted by Gasteiger charge is -2.21. The molecule has 0 aliphatic rings. The lowest BCUT2D eigenvalue weighted by Crippen LogP contribution is -2.20. The van der Waals surface area contributed by atoms with E-state index in [2.05, 4.69) is 0 Å². The molecule has 1 aromatic carbocycles. The van der Waals surface area contributed by atoms with Crippen molar-refractivity contribution in [2.45, 2.75) is 19.3 Å². The van der Waals surface area contributed by atoms with E-state index in [0.717, 1.165) is 31.5 Å². The van der Waals surface area contributed by atoms with Gasteiger partial charge in [-0.15, -0.1) is 0 Å². The smallest absolute Gasteiger partial charge is 0.337 e. The van der Waals surface area contributed by atoms with Gasteiger partial charge in [0.15, 0.2) is 0 Å². The van der Waals surface area contributed by atoms with Crippen molar-refractivity contribution in [3.63, 3.8) is 0 Å². The minimum Gasteiger partial charge on any atom is -0.465 e. The molecule has 0 radical (unpaired) electrons. The van der Waals surface area contributed by atoms with E-state index in [1.54, 1.807) is 18.2 Å². The van der Waals surface area contributed by atoms with Gasteiger partial charge in [0.05, 0.1) is 24.0 Å². The third-order valence-electron chi connectivity index (χ3n) is 3.01. The topological polar surface area (TPSA) is 75.8 Å². The highest BCUT2D eigenvalue weighted by atomic mass is 16.5. The van der Waals surface area contributed by atoms with Crippen LogP contribution in [0.1, 0.15) is 29.6 Å². The normalized spacial score (nSPS) is 10.3. The monoisotopic (exact) mass is 266 g/mol. The van der Waals surface area contributed by atoms with Gasteiger partial charge in [-0.05, 0) is 37.5 Å². The number of ether oxygens (including phenoxy) is 1. The lowest BCUT2D eigenvalue weighted by atomic mass is 10.1. The molecule has 0 unspecified atom stereocenters. The fraction of sp³-hybridized carbons (Fsp3) is 0.500. The number of carbonyl (C=O) groups is 1. The molecule has 0 heterocycles. The van der Waals surface area contributed by atoms with Gasteiger partial charge < -0.3 is 20.5 Å². The van der Waals surface area contributed by atoms with Crippen LogP contribution in [0.25, 0.3) is 0 Å². The van der Waals surface area contributed by atoms with Crippen molar-refractivity contribution in [3.8, 4) is 0 Å². The first-order chi connectivity index (χ1) is 9.10. The van der Waals surface area contributed by atoms with E-state index in [1.165, 1.54) is 7.11 Å². The molecule has 0 atom stereocenters. The van der Waals surface area contributed by atoms with E-state index < -0.39 is 0 Å². The van der Waals surface area contributed by atoms with Gasteiger partial charge >= 0.3 is 5.97 Å². The Kier molecular flexibility index (Phi) is 6.15. The first-order valence-corrected chi connectivity index (χ1v) is 6.40. The Labute approximate surface area is 114 Å². The van der Waals surface area contributed by atoms with Crippen LogP contribution in [0, 0.1) is 0 Å². The minimum atomic E-state index is -0.366. The van der Waals surface area contributed by atoms with Gasteiger partial charge in [-0.25, -0.2) is 4.79 Å². The number of nitrogens with zero attached hydrogens (tertiary/aromatic N) is 1. The molecule has 0 fully saturated rings. The second-order valence-corrected chi connectivity index (χ2v) is 4.47. The van der Waals surface area contributed by atoms with E-state index >= 15 is 0 Å². The number of hydrogen-bond donors (Lipinski definition) is 2. The standard InChI is InChI=1S/C14H22N2O3/c1-16(8-4-3-5-9-17)13-10-11(14(18)19-2)6-7-12(13)15/h6-7,10,17H,3-5,8-9,15H2,1-2H3. The second-order valence-electron chi connectivity index (χ2n) is 4.47. The predicted octanol–water partition coefficient (Wildman–Crippen LogP) is 1.65. The summed E-state index contributed by atoms with van der Waals surface area (Å²) >= 11 is 0. The molecule has 0 saturated heterocycles. The summed E-state index contributed by atoms with van der Waals surface area (Å²) in [5, 5.41) is 8.73. The van der Waals surface area contributed by atoms with Gasteiger partial charge in [-0.1, -0.05) is 0 Å². The molecule has 0 bridgehead atoms. The van der Waals surface area contributed by atoms with Gasteiger partial charge in [0.25, 0.3) is 0 Å². The Balaban J connectivity index is 2.72. The number of aliphatic hydroxyl groups excluding tert-OH is 1. The average Bonchev–Trinajstić information content (AvgIpc) is 2.43. The predicted molar refractivity (Wildman–Crippen MR) is 76.4 cm³/mol. The molecule has 0 spiro atoms. The molecule has 19 heavy (non-hydrogen) atoms. The highest BCUT2D eigenvalue weighted by Crippen LogP contribution is 2.24. The Morgan fingerprint density at radius 1 is 1.37 bits per heavy atom. The molecular formula is C14H22N2O3. The number of carbonyl (C=O) groups excluding carboxylic acids is 1. The molecule has 106 valence electrons. The van der Waals surface area contributed by atoms with E-state index in [1.807, 2.05) is 11.9 Å². The summed E-state index contributed by atoms with van der Waals surface area (Å²) in [5.74, 6) is -0.366. The van der Waals surface area contributed by atoms with Crippen molar-refractivity contribution in [1.29, 1.82) is 0 Å². The third kappa shape index (κ3) is 4.44. The first kappa shape index (κ1) is 15.3. The summed E-state index contributed by atoms with van der Waals surface area (Å²) < 4.78 is 4.70. The number of unbranched alkanes of at least 4 members (excludes halogenated alkanes) is 2. The van der Waals surface area contributed by atoms with E-state index in [0.29, 0.717) is 11.3 Å². The van der Waals surface area contributed by atoms with Crippen molar-refractivity contribution < 1.29 is 14.6 Å². The number of nitrogens with two attached hydrogens (primary N) is 1. The third-order valence-corrected chi connectivity index (χ3v) is 3.01. The molecule has 0 aromatic heterocycles. The molecule has 3 N–H and O–H groups in total. The number of methoxy groups -OCH3 is 1. The average molecular weight is 266 g/mol. The van der Waals surface area contributed by atoms with Crippen LogP contribution in [0.4, 0.5) is 11.4 Å². The number of aliphatic hydroxyl groups is 1. The summed E-state index contributed by atoms with van der Waals surface area (Å²) in [5.41, 5.74) is 7.89. The Morgan fingerprint density at radius 3 is 2.74 bits per heavy atom. The zero-order valence-corrected chi connectivity index (χ0v) is 11.6. The van der Waals surface area contributed by atoms with Gasteiger partial charge in [0, 0.05) is 20.2 Å². The largest absolute Gasteiger partial charge is 0.465 e. The molecule has 0 aliphatic heterocycles. The first-order valence-electron chi connectivity index (χ1n) is 6.40. The van der Waals surface area contributed by atoms with Crippen LogP contribution in [0.3, 0.4) is 0 Å². The number of benzene rings is 1. The molecule has 0 aliphatic carbocycles. The van der Waals surface area contributed by atoms with Crippen molar-refractivity contribution in [3.05, 3.63) is 23.8 Å². The van der Waals surface area contributed by atoms with Crippen LogP contribution in [0.5, 0.6) is 0 Å². The summed E-state index contributed by atoms with van der Waals surface area (Å²) in [7, 11) is 3.29. The molecule has 0 saturated carbocycles. The number of rotatable bonds is 7. The van der Waals surface area contributed by atoms with Crippen LogP contribution in [-0.4, -0.2) is 38.4 Å².